The second-order valence-corrected chi connectivity index (χ2v) is 11.5. The quantitative estimate of drug-likeness (QED) is 0.354. The van der Waals surface area contributed by atoms with Crippen LogP contribution in [0.3, 0.4) is 0 Å². The van der Waals surface area contributed by atoms with Crippen molar-refractivity contribution in [1.29, 1.82) is 0 Å². The Labute approximate surface area is 215 Å². The van der Waals surface area contributed by atoms with Gasteiger partial charge in [0.1, 0.15) is 12.3 Å². The van der Waals surface area contributed by atoms with Crippen LogP contribution in [0, 0.1) is 5.41 Å². The minimum Gasteiger partial charge on any atom is -0.289 e. The SMILES string of the molecule is CC.CC.CC(C)(F)CF.CC1(C)CCC(Sc2ccc3c(c2)C(=O)c2cc(S)ccc2-3)CC1. The van der Waals surface area contributed by atoms with Crippen LogP contribution in [0.4, 0.5) is 8.78 Å². The van der Waals surface area contributed by atoms with Crippen molar-refractivity contribution in [1.82, 2.24) is 0 Å². The lowest BCUT2D eigenvalue weighted by Crippen LogP contribution is -2.22. The Balaban J connectivity index is 0.000000500. The molecule has 0 unspecified atom stereocenters. The lowest BCUT2D eigenvalue weighted by molar-refractivity contribution is 0.104. The number of ketones is 1. The van der Waals surface area contributed by atoms with Gasteiger partial charge in [0.05, 0.1) is 0 Å². The van der Waals surface area contributed by atoms with Crippen LogP contribution in [-0.2, 0) is 0 Å². The largest absolute Gasteiger partial charge is 0.289 e. The van der Waals surface area contributed by atoms with Gasteiger partial charge in [-0.05, 0) is 80.3 Å². The third-order valence-electron chi connectivity index (χ3n) is 5.68. The summed E-state index contributed by atoms with van der Waals surface area (Å²) in [7, 11) is 0. The number of carbonyl (C=O) groups excluding carboxylic acids is 1. The van der Waals surface area contributed by atoms with Crippen molar-refractivity contribution in [3.05, 3.63) is 47.5 Å². The number of carbonyl (C=O) groups is 1. The Morgan fingerprint density at radius 2 is 1.41 bits per heavy atom. The molecule has 0 bridgehead atoms. The van der Waals surface area contributed by atoms with E-state index in [1.807, 2.05) is 57.7 Å². The van der Waals surface area contributed by atoms with Gasteiger partial charge in [-0.2, -0.15) is 0 Å². The van der Waals surface area contributed by atoms with Gasteiger partial charge in [0.15, 0.2) is 5.78 Å². The molecule has 0 N–H and O–H groups in total. The van der Waals surface area contributed by atoms with E-state index in [1.54, 1.807) is 0 Å². The van der Waals surface area contributed by atoms with Crippen LogP contribution in [0.2, 0.25) is 0 Å². The highest BCUT2D eigenvalue weighted by Gasteiger charge is 2.29. The highest BCUT2D eigenvalue weighted by Crippen LogP contribution is 2.44. The van der Waals surface area contributed by atoms with E-state index >= 15 is 0 Å². The van der Waals surface area contributed by atoms with Crippen molar-refractivity contribution in [2.45, 2.75) is 102 Å². The van der Waals surface area contributed by atoms with E-state index in [0.717, 1.165) is 27.1 Å². The van der Waals surface area contributed by atoms with Gasteiger partial charge in [0.2, 0.25) is 0 Å². The number of thiol groups is 1. The molecule has 0 saturated heterocycles. The lowest BCUT2D eigenvalue weighted by atomic mass is 9.77. The van der Waals surface area contributed by atoms with Crippen molar-refractivity contribution in [3.8, 4) is 11.1 Å². The fourth-order valence-corrected chi connectivity index (χ4v) is 5.19. The molecule has 190 valence electrons. The maximum absolute atomic E-state index is 12.7. The van der Waals surface area contributed by atoms with Gasteiger partial charge in [0.25, 0.3) is 0 Å². The maximum Gasteiger partial charge on any atom is 0.194 e. The molecule has 5 heteroatoms. The summed E-state index contributed by atoms with van der Waals surface area (Å²) in [5.41, 5.74) is 2.63. The Kier molecular flexibility index (Phi) is 12.4. The van der Waals surface area contributed by atoms with E-state index < -0.39 is 12.3 Å². The molecular formula is C29H42F2OS2. The smallest absolute Gasteiger partial charge is 0.194 e. The summed E-state index contributed by atoms with van der Waals surface area (Å²) in [6, 6.07) is 12.2. The van der Waals surface area contributed by atoms with Crippen molar-refractivity contribution in [2.75, 3.05) is 6.67 Å². The molecule has 1 nitrogen and oxygen atoms in total. The topological polar surface area (TPSA) is 17.1 Å². The highest BCUT2D eigenvalue weighted by molar-refractivity contribution is 8.00. The number of hydrogen-bond donors (Lipinski definition) is 1. The number of fused-ring (bicyclic) bond motifs is 3. The van der Waals surface area contributed by atoms with Crippen LogP contribution >= 0.6 is 24.4 Å². The minimum atomic E-state index is -1.62. The van der Waals surface area contributed by atoms with Gasteiger partial charge >= 0.3 is 0 Å². The Hall–Kier alpha value is -1.33. The van der Waals surface area contributed by atoms with E-state index in [-0.39, 0.29) is 5.78 Å². The first-order chi connectivity index (χ1) is 16.0. The van der Waals surface area contributed by atoms with Crippen LogP contribution in [0.15, 0.2) is 46.2 Å². The number of benzene rings is 2. The number of rotatable bonds is 3. The lowest BCUT2D eigenvalue weighted by Gasteiger charge is -2.34. The monoisotopic (exact) mass is 508 g/mol. The minimum absolute atomic E-state index is 0.142. The van der Waals surface area contributed by atoms with Gasteiger partial charge in [-0.1, -0.05) is 53.7 Å². The van der Waals surface area contributed by atoms with Crippen molar-refractivity contribution in [3.63, 3.8) is 0 Å². The number of thioether (sulfide) groups is 1. The Bertz CT molecular complexity index is 922. The van der Waals surface area contributed by atoms with Crippen molar-refractivity contribution in [2.24, 2.45) is 5.41 Å². The van der Waals surface area contributed by atoms with Crippen LogP contribution in [-0.4, -0.2) is 23.4 Å². The highest BCUT2D eigenvalue weighted by atomic mass is 32.2. The van der Waals surface area contributed by atoms with E-state index in [4.69, 9.17) is 0 Å². The van der Waals surface area contributed by atoms with E-state index in [9.17, 15) is 13.6 Å². The zero-order valence-corrected chi connectivity index (χ0v) is 23.8. The average Bonchev–Trinajstić information content (AvgIpc) is 3.09. The second kappa shape index (κ2) is 13.7. The van der Waals surface area contributed by atoms with Crippen LogP contribution in [0.1, 0.15) is 97.0 Å². The second-order valence-electron chi connectivity index (χ2n) is 9.60. The molecule has 2 aromatic rings. The van der Waals surface area contributed by atoms with E-state index in [2.05, 4.69) is 44.7 Å². The summed E-state index contributed by atoms with van der Waals surface area (Å²) in [5.74, 6) is 0.142. The molecule has 0 radical (unpaired) electrons. The predicted octanol–water partition coefficient (Wildman–Crippen LogP) is 10.0. The molecule has 4 rings (SSSR count). The van der Waals surface area contributed by atoms with Crippen molar-refractivity contribution < 1.29 is 13.6 Å². The third kappa shape index (κ3) is 8.71. The standard InChI is InChI=1S/C21H22OS2.C4H8F2.2C2H6/c1-21(2)9-7-14(8-10-21)24-15-4-6-17-16-5-3-13(23)11-18(16)20(22)19(17)12-15;1-4(2,6)3-5;2*1-2/h3-6,11-12,14,23H,7-10H2,1-2H3;3H2,1-2H3;2*1-2H3. The molecule has 0 spiro atoms. The fourth-order valence-electron chi connectivity index (χ4n) is 3.80. The first kappa shape index (κ1) is 30.7. The number of halogens is 2. The molecule has 0 amide bonds. The van der Waals surface area contributed by atoms with Gasteiger partial charge < -0.3 is 0 Å². The van der Waals surface area contributed by atoms with E-state index in [1.165, 1.54) is 44.4 Å². The maximum atomic E-state index is 12.7. The Morgan fingerprint density at radius 3 is 1.91 bits per heavy atom. The average molecular weight is 509 g/mol. The zero-order valence-electron chi connectivity index (χ0n) is 22.1. The Morgan fingerprint density at radius 1 is 0.941 bits per heavy atom. The fraction of sp³-hybridized carbons (Fsp3) is 0.552. The van der Waals surface area contributed by atoms with Gasteiger partial charge in [-0.25, -0.2) is 8.78 Å². The van der Waals surface area contributed by atoms with Crippen LogP contribution in [0.25, 0.3) is 11.1 Å². The number of alkyl halides is 2. The molecule has 0 aliphatic heterocycles. The summed E-state index contributed by atoms with van der Waals surface area (Å²) < 4.78 is 22.9. The van der Waals surface area contributed by atoms with Crippen LogP contribution < -0.4 is 0 Å². The summed E-state index contributed by atoms with van der Waals surface area (Å²) in [5, 5.41) is 0.680. The summed E-state index contributed by atoms with van der Waals surface area (Å²) in [6.07, 6.45) is 5.13. The summed E-state index contributed by atoms with van der Waals surface area (Å²) in [6.45, 7) is 14.2. The third-order valence-corrected chi connectivity index (χ3v) is 7.29. The van der Waals surface area contributed by atoms with Crippen molar-refractivity contribution >= 4 is 30.2 Å². The molecule has 1 fully saturated rings. The molecule has 2 aliphatic rings. The molecule has 0 aromatic heterocycles. The first-order valence-corrected chi connectivity index (χ1v) is 13.8. The first-order valence-electron chi connectivity index (χ1n) is 12.4. The molecule has 34 heavy (non-hydrogen) atoms. The summed E-state index contributed by atoms with van der Waals surface area (Å²) in [4.78, 5) is 14.8. The molecule has 0 heterocycles. The predicted molar refractivity (Wildman–Crippen MR) is 148 cm³/mol. The van der Waals surface area contributed by atoms with Crippen LogP contribution in [0.5, 0.6) is 0 Å². The van der Waals surface area contributed by atoms with Gasteiger partial charge in [-0.15, -0.1) is 24.4 Å². The molecule has 2 aliphatic carbocycles. The summed E-state index contributed by atoms with van der Waals surface area (Å²) >= 11 is 6.32. The molecule has 2 aromatic carbocycles. The molecule has 0 atom stereocenters. The molecule has 1 saturated carbocycles. The van der Waals surface area contributed by atoms with Gasteiger partial charge in [0, 0.05) is 26.2 Å². The van der Waals surface area contributed by atoms with E-state index in [0.29, 0.717) is 10.7 Å². The van der Waals surface area contributed by atoms with Gasteiger partial charge in [-0.3, -0.25) is 4.79 Å². The zero-order chi connectivity index (χ0) is 26.1. The normalized spacial score (nSPS) is 16.0. The molecular weight excluding hydrogens is 466 g/mol. The number of hydrogen-bond acceptors (Lipinski definition) is 3.